The maximum absolute atomic E-state index is 12.0. The Morgan fingerprint density at radius 2 is 1.85 bits per heavy atom. The number of ether oxygens (including phenoxy) is 2. The van der Waals surface area contributed by atoms with Gasteiger partial charge in [0.25, 0.3) is 11.8 Å². The molecule has 7 nitrogen and oxygen atoms in total. The third-order valence-electron chi connectivity index (χ3n) is 4.22. The zero-order chi connectivity index (χ0) is 18.2. The molecule has 2 aromatic rings. The lowest BCUT2D eigenvalue weighted by Crippen LogP contribution is -2.30. The van der Waals surface area contributed by atoms with Crippen LogP contribution in [0.1, 0.15) is 29.6 Å². The highest BCUT2D eigenvalue weighted by Gasteiger charge is 2.18. The van der Waals surface area contributed by atoms with Gasteiger partial charge in [0, 0.05) is 44.7 Å². The van der Waals surface area contributed by atoms with E-state index < -0.39 is 0 Å². The van der Waals surface area contributed by atoms with Crippen LogP contribution in [-0.4, -0.2) is 49.2 Å². The molecule has 3 rings (SSSR count). The maximum Gasteiger partial charge on any atom is 0.263 e. The number of nitrogens with one attached hydrogen (secondary N) is 1. The number of anilines is 1. The SMILES string of the molecule is COCCNC(=O)c1ccc(Oc2nccnc2N2CCCCC2)cc1. The molecule has 7 heteroatoms. The number of carbonyl (C=O) groups is 1. The standard InChI is InChI=1S/C19H24N4O3/c1-25-14-11-21-18(24)15-5-7-16(8-6-15)26-19-17(20-9-10-22-19)23-12-3-2-4-13-23/h5-10H,2-4,11-14H2,1H3,(H,21,24). The van der Waals surface area contributed by atoms with Crippen LogP contribution in [0.5, 0.6) is 11.6 Å². The van der Waals surface area contributed by atoms with Crippen molar-refractivity contribution in [2.24, 2.45) is 0 Å². The van der Waals surface area contributed by atoms with Gasteiger partial charge in [0.05, 0.1) is 6.61 Å². The first-order chi connectivity index (χ1) is 12.8. The molecule has 0 spiro atoms. The highest BCUT2D eigenvalue weighted by molar-refractivity contribution is 5.94. The van der Waals surface area contributed by atoms with Crippen molar-refractivity contribution in [3.05, 3.63) is 42.2 Å². The number of hydrogen-bond acceptors (Lipinski definition) is 6. The van der Waals surface area contributed by atoms with Crippen molar-refractivity contribution in [2.45, 2.75) is 19.3 Å². The molecule has 1 aliphatic rings. The molecule has 26 heavy (non-hydrogen) atoms. The molecule has 1 fully saturated rings. The molecule has 2 heterocycles. The average Bonchev–Trinajstić information content (AvgIpc) is 2.70. The molecule has 1 N–H and O–H groups in total. The Bertz CT molecular complexity index is 715. The molecule has 1 aromatic heterocycles. The van der Waals surface area contributed by atoms with Crippen LogP contribution in [0, 0.1) is 0 Å². The summed E-state index contributed by atoms with van der Waals surface area (Å²) in [5.41, 5.74) is 0.573. The summed E-state index contributed by atoms with van der Waals surface area (Å²) in [6.45, 7) is 2.90. The monoisotopic (exact) mass is 356 g/mol. The molecule has 0 unspecified atom stereocenters. The Balaban J connectivity index is 1.67. The van der Waals surface area contributed by atoms with Gasteiger partial charge in [-0.2, -0.15) is 0 Å². The number of hydrogen-bond donors (Lipinski definition) is 1. The molecular formula is C19H24N4O3. The third kappa shape index (κ3) is 4.70. The summed E-state index contributed by atoms with van der Waals surface area (Å²) in [5, 5.41) is 2.79. The van der Waals surface area contributed by atoms with Crippen molar-refractivity contribution < 1.29 is 14.3 Å². The molecule has 0 aliphatic carbocycles. The summed E-state index contributed by atoms with van der Waals surface area (Å²) >= 11 is 0. The summed E-state index contributed by atoms with van der Waals surface area (Å²) < 4.78 is 10.9. The number of amides is 1. The number of benzene rings is 1. The molecule has 1 saturated heterocycles. The predicted octanol–water partition coefficient (Wildman–Crippen LogP) is 2.64. The molecule has 1 aromatic carbocycles. The average molecular weight is 356 g/mol. The van der Waals surface area contributed by atoms with Crippen molar-refractivity contribution in [1.29, 1.82) is 0 Å². The predicted molar refractivity (Wildman–Crippen MR) is 98.8 cm³/mol. The Labute approximate surface area is 153 Å². The zero-order valence-corrected chi connectivity index (χ0v) is 15.0. The van der Waals surface area contributed by atoms with Crippen molar-refractivity contribution >= 4 is 11.7 Å². The van der Waals surface area contributed by atoms with Crippen LogP contribution in [0.25, 0.3) is 0 Å². The van der Waals surface area contributed by atoms with E-state index in [4.69, 9.17) is 9.47 Å². The molecule has 1 amide bonds. The van der Waals surface area contributed by atoms with E-state index in [9.17, 15) is 4.79 Å². The van der Waals surface area contributed by atoms with Crippen LogP contribution < -0.4 is 15.0 Å². The quantitative estimate of drug-likeness (QED) is 0.769. The molecular weight excluding hydrogens is 332 g/mol. The molecule has 0 atom stereocenters. The third-order valence-corrected chi connectivity index (χ3v) is 4.22. The van der Waals surface area contributed by atoms with E-state index >= 15 is 0 Å². The van der Waals surface area contributed by atoms with E-state index in [1.54, 1.807) is 43.8 Å². The molecule has 1 aliphatic heterocycles. The molecule has 0 bridgehead atoms. The Morgan fingerprint density at radius 1 is 1.12 bits per heavy atom. The van der Waals surface area contributed by atoms with Gasteiger partial charge in [0.15, 0.2) is 5.82 Å². The van der Waals surface area contributed by atoms with Gasteiger partial charge in [-0.3, -0.25) is 4.79 Å². The lowest BCUT2D eigenvalue weighted by Gasteiger charge is -2.28. The van der Waals surface area contributed by atoms with Crippen LogP contribution in [0.4, 0.5) is 5.82 Å². The Hall–Kier alpha value is -2.67. The fourth-order valence-electron chi connectivity index (χ4n) is 2.87. The first-order valence-electron chi connectivity index (χ1n) is 8.89. The van der Waals surface area contributed by atoms with Crippen LogP contribution in [0.3, 0.4) is 0 Å². The van der Waals surface area contributed by atoms with Gasteiger partial charge in [-0.1, -0.05) is 0 Å². The lowest BCUT2D eigenvalue weighted by molar-refractivity contribution is 0.0937. The van der Waals surface area contributed by atoms with Crippen molar-refractivity contribution in [2.75, 3.05) is 38.3 Å². The Morgan fingerprint density at radius 3 is 2.58 bits per heavy atom. The maximum atomic E-state index is 12.0. The van der Waals surface area contributed by atoms with Crippen molar-refractivity contribution in [3.8, 4) is 11.6 Å². The van der Waals surface area contributed by atoms with Crippen molar-refractivity contribution in [3.63, 3.8) is 0 Å². The molecule has 0 saturated carbocycles. The molecule has 0 radical (unpaired) electrons. The van der Waals surface area contributed by atoms with Gasteiger partial charge in [0.2, 0.25) is 0 Å². The number of piperidine rings is 1. The van der Waals surface area contributed by atoms with E-state index in [2.05, 4.69) is 20.2 Å². The topological polar surface area (TPSA) is 76.6 Å². The summed E-state index contributed by atoms with van der Waals surface area (Å²) in [6, 6.07) is 6.99. The fraction of sp³-hybridized carbons (Fsp3) is 0.421. The van der Waals surface area contributed by atoms with E-state index in [1.165, 1.54) is 6.42 Å². The number of methoxy groups -OCH3 is 1. The first-order valence-corrected chi connectivity index (χ1v) is 8.89. The second-order valence-electron chi connectivity index (χ2n) is 6.11. The van der Waals surface area contributed by atoms with Gasteiger partial charge >= 0.3 is 0 Å². The van der Waals surface area contributed by atoms with Crippen molar-refractivity contribution in [1.82, 2.24) is 15.3 Å². The van der Waals surface area contributed by atoms with Crippen LogP contribution in [0.2, 0.25) is 0 Å². The van der Waals surface area contributed by atoms with E-state index in [0.29, 0.717) is 30.3 Å². The van der Waals surface area contributed by atoms with Gasteiger partial charge in [-0.25, -0.2) is 9.97 Å². The van der Waals surface area contributed by atoms with Gasteiger partial charge in [0.1, 0.15) is 5.75 Å². The van der Waals surface area contributed by atoms with Gasteiger partial charge in [-0.15, -0.1) is 0 Å². The summed E-state index contributed by atoms with van der Waals surface area (Å²) in [7, 11) is 1.60. The van der Waals surface area contributed by atoms with Crippen LogP contribution >= 0.6 is 0 Å². The van der Waals surface area contributed by atoms with Crippen LogP contribution in [-0.2, 0) is 4.74 Å². The first kappa shape index (κ1) is 18.1. The minimum absolute atomic E-state index is 0.137. The zero-order valence-electron chi connectivity index (χ0n) is 15.0. The highest BCUT2D eigenvalue weighted by Crippen LogP contribution is 2.29. The summed E-state index contributed by atoms with van der Waals surface area (Å²) in [5.74, 6) is 1.75. The van der Waals surface area contributed by atoms with Gasteiger partial charge < -0.3 is 19.7 Å². The molecule has 138 valence electrons. The normalized spacial score (nSPS) is 14.1. The number of rotatable bonds is 7. The summed E-state index contributed by atoms with van der Waals surface area (Å²) in [4.78, 5) is 23.0. The summed E-state index contributed by atoms with van der Waals surface area (Å²) in [6.07, 6.45) is 6.87. The van der Waals surface area contributed by atoms with E-state index in [-0.39, 0.29) is 5.91 Å². The Kier molecular flexibility index (Phi) is 6.38. The minimum atomic E-state index is -0.137. The fourth-order valence-corrected chi connectivity index (χ4v) is 2.87. The highest BCUT2D eigenvalue weighted by atomic mass is 16.5. The number of aromatic nitrogens is 2. The lowest BCUT2D eigenvalue weighted by atomic mass is 10.1. The van der Waals surface area contributed by atoms with Gasteiger partial charge in [-0.05, 0) is 43.5 Å². The number of carbonyl (C=O) groups excluding carboxylic acids is 1. The number of nitrogens with zero attached hydrogens (tertiary/aromatic N) is 3. The second kappa shape index (κ2) is 9.15. The van der Waals surface area contributed by atoms with E-state index in [1.807, 2.05) is 0 Å². The largest absolute Gasteiger partial charge is 0.436 e. The minimum Gasteiger partial charge on any atom is -0.436 e. The second-order valence-corrected chi connectivity index (χ2v) is 6.11. The smallest absolute Gasteiger partial charge is 0.263 e. The van der Waals surface area contributed by atoms with Crippen LogP contribution in [0.15, 0.2) is 36.7 Å². The van der Waals surface area contributed by atoms with E-state index in [0.717, 1.165) is 31.7 Å².